The van der Waals surface area contributed by atoms with Gasteiger partial charge in [0.25, 0.3) is 0 Å². The number of ether oxygens (including phenoxy) is 1. The predicted octanol–water partition coefficient (Wildman–Crippen LogP) is 1.63. The molecular formula is C10H14BO3. The molecule has 4 heteroatoms. The quantitative estimate of drug-likeness (QED) is 0.722. The highest BCUT2D eigenvalue weighted by molar-refractivity contribution is 6.17. The summed E-state index contributed by atoms with van der Waals surface area (Å²) in [6.45, 7) is 4.89. The zero-order chi connectivity index (χ0) is 10.4. The molecule has 0 unspecified atom stereocenters. The second-order valence-electron chi connectivity index (χ2n) is 3.40. The minimum atomic E-state index is 0.511. The Labute approximate surface area is 85.0 Å². The Morgan fingerprint density at radius 1 is 1.21 bits per heavy atom. The molecule has 1 aromatic carbocycles. The normalized spacial score (nSPS) is 10.0. The molecule has 0 aliphatic carbocycles. The monoisotopic (exact) mass is 193 g/mol. The maximum absolute atomic E-state index is 8.39. The van der Waals surface area contributed by atoms with Crippen LogP contribution in [0.5, 0.6) is 11.5 Å². The van der Waals surface area contributed by atoms with Crippen LogP contribution in [0.4, 0.5) is 0 Å². The third-order valence-electron chi connectivity index (χ3n) is 1.60. The van der Waals surface area contributed by atoms with E-state index in [0.29, 0.717) is 26.0 Å². The molecular weight excluding hydrogens is 179 g/mol. The highest BCUT2D eigenvalue weighted by atomic mass is 16.5. The fraction of sp³-hybridized carbons (Fsp3) is 0.400. The van der Waals surface area contributed by atoms with Crippen LogP contribution in [-0.4, -0.2) is 19.3 Å². The molecule has 1 rings (SSSR count). The van der Waals surface area contributed by atoms with Crippen LogP contribution in [-0.2, 0) is 0 Å². The van der Waals surface area contributed by atoms with Gasteiger partial charge in [0, 0.05) is 0 Å². The summed E-state index contributed by atoms with van der Waals surface area (Å²) in [5.74, 6) is 1.91. The molecule has 75 valence electrons. The van der Waals surface area contributed by atoms with E-state index in [-0.39, 0.29) is 0 Å². The Morgan fingerprint density at radius 3 is 2.29 bits per heavy atom. The summed E-state index contributed by atoms with van der Waals surface area (Å²) in [5, 5.41) is 8.39. The van der Waals surface area contributed by atoms with Crippen LogP contribution in [0.25, 0.3) is 0 Å². The molecule has 0 saturated carbocycles. The molecule has 0 bridgehead atoms. The maximum atomic E-state index is 8.39. The third-order valence-corrected chi connectivity index (χ3v) is 1.60. The van der Waals surface area contributed by atoms with Crippen LogP contribution < -0.4 is 9.39 Å². The smallest absolute Gasteiger partial charge is 0.537 e. The first-order chi connectivity index (χ1) is 6.72. The van der Waals surface area contributed by atoms with Gasteiger partial charge in [-0.3, -0.25) is 0 Å². The van der Waals surface area contributed by atoms with Crippen molar-refractivity contribution in [1.29, 1.82) is 0 Å². The molecule has 0 fully saturated rings. The van der Waals surface area contributed by atoms with Crippen molar-refractivity contribution in [2.75, 3.05) is 6.61 Å². The van der Waals surface area contributed by atoms with Crippen LogP contribution >= 0.6 is 0 Å². The summed E-state index contributed by atoms with van der Waals surface area (Å²) in [7, 11) is 0.657. The molecule has 1 radical (unpaired) electrons. The van der Waals surface area contributed by atoms with Crippen molar-refractivity contribution in [3.05, 3.63) is 24.3 Å². The number of hydrogen-bond acceptors (Lipinski definition) is 3. The van der Waals surface area contributed by atoms with E-state index in [9.17, 15) is 0 Å². The van der Waals surface area contributed by atoms with E-state index >= 15 is 0 Å². The van der Waals surface area contributed by atoms with Gasteiger partial charge in [-0.05, 0) is 30.2 Å². The summed E-state index contributed by atoms with van der Waals surface area (Å²) in [6, 6.07) is 7.09. The lowest BCUT2D eigenvalue weighted by Crippen LogP contribution is -2.04. The zero-order valence-corrected chi connectivity index (χ0v) is 8.43. The zero-order valence-electron chi connectivity index (χ0n) is 8.43. The first-order valence-electron chi connectivity index (χ1n) is 4.58. The van der Waals surface area contributed by atoms with Crippen molar-refractivity contribution in [2.24, 2.45) is 5.92 Å². The van der Waals surface area contributed by atoms with Crippen LogP contribution in [0, 0.1) is 5.92 Å². The Bertz CT molecular complexity index is 259. The van der Waals surface area contributed by atoms with E-state index in [1.807, 2.05) is 0 Å². The van der Waals surface area contributed by atoms with Gasteiger partial charge >= 0.3 is 7.69 Å². The average molecular weight is 193 g/mol. The van der Waals surface area contributed by atoms with Crippen molar-refractivity contribution in [3.63, 3.8) is 0 Å². The predicted molar refractivity (Wildman–Crippen MR) is 55.4 cm³/mol. The van der Waals surface area contributed by atoms with Gasteiger partial charge in [0.05, 0.1) is 6.61 Å². The fourth-order valence-electron chi connectivity index (χ4n) is 0.938. The van der Waals surface area contributed by atoms with Crippen molar-refractivity contribution < 1.29 is 14.4 Å². The summed E-state index contributed by atoms with van der Waals surface area (Å²) in [6.07, 6.45) is 0. The highest BCUT2D eigenvalue weighted by Crippen LogP contribution is 2.17. The van der Waals surface area contributed by atoms with Gasteiger partial charge in [0.15, 0.2) is 0 Å². The van der Waals surface area contributed by atoms with Crippen molar-refractivity contribution in [3.8, 4) is 11.5 Å². The molecule has 0 aliphatic rings. The summed E-state index contributed by atoms with van der Waals surface area (Å²) in [4.78, 5) is 0. The highest BCUT2D eigenvalue weighted by Gasteiger charge is 1.98. The second kappa shape index (κ2) is 5.55. The fourth-order valence-corrected chi connectivity index (χ4v) is 0.938. The molecule has 0 atom stereocenters. The lowest BCUT2D eigenvalue weighted by molar-refractivity contribution is 0.271. The van der Waals surface area contributed by atoms with Crippen molar-refractivity contribution >= 4 is 7.69 Å². The lowest BCUT2D eigenvalue weighted by Gasteiger charge is -2.09. The second-order valence-corrected chi connectivity index (χ2v) is 3.40. The first-order valence-corrected chi connectivity index (χ1v) is 4.58. The van der Waals surface area contributed by atoms with Crippen molar-refractivity contribution in [1.82, 2.24) is 0 Å². The molecule has 3 nitrogen and oxygen atoms in total. The molecule has 0 aliphatic heterocycles. The van der Waals surface area contributed by atoms with Crippen LogP contribution in [0.15, 0.2) is 24.3 Å². The number of benzene rings is 1. The summed E-state index contributed by atoms with van der Waals surface area (Å²) < 4.78 is 10.2. The SMILES string of the molecule is CC(C)COc1ccc(O[B]O)cc1. The molecule has 0 aromatic heterocycles. The van der Waals surface area contributed by atoms with Gasteiger partial charge < -0.3 is 14.4 Å². The Hall–Kier alpha value is -1.16. The van der Waals surface area contributed by atoms with Crippen LogP contribution in [0.3, 0.4) is 0 Å². The molecule has 0 spiro atoms. The molecule has 1 N–H and O–H groups in total. The third kappa shape index (κ3) is 3.70. The topological polar surface area (TPSA) is 38.7 Å². The van der Waals surface area contributed by atoms with Gasteiger partial charge in [0.1, 0.15) is 11.5 Å². The van der Waals surface area contributed by atoms with Crippen molar-refractivity contribution in [2.45, 2.75) is 13.8 Å². The number of rotatable bonds is 5. The standard InChI is InChI=1S/C10H14BO3/c1-8(2)7-13-9-3-5-10(6-4-9)14-11-12/h3-6,8,12H,7H2,1-2H3. The molecule has 14 heavy (non-hydrogen) atoms. The van der Waals surface area contributed by atoms with E-state index in [1.165, 1.54) is 0 Å². The van der Waals surface area contributed by atoms with Gasteiger partial charge in [-0.1, -0.05) is 13.8 Å². The number of hydrogen-bond donors (Lipinski definition) is 1. The van der Waals surface area contributed by atoms with E-state index in [4.69, 9.17) is 14.4 Å². The Balaban J connectivity index is 2.46. The Kier molecular flexibility index (Phi) is 4.33. The maximum Gasteiger partial charge on any atom is 0.569 e. The summed E-state index contributed by atoms with van der Waals surface area (Å²) in [5.41, 5.74) is 0. The lowest BCUT2D eigenvalue weighted by atomic mass is 10.2. The van der Waals surface area contributed by atoms with E-state index in [1.54, 1.807) is 24.3 Å². The van der Waals surface area contributed by atoms with E-state index < -0.39 is 0 Å². The van der Waals surface area contributed by atoms with Crippen LogP contribution in [0.1, 0.15) is 13.8 Å². The van der Waals surface area contributed by atoms with Gasteiger partial charge in [-0.25, -0.2) is 0 Å². The average Bonchev–Trinajstić information content (AvgIpc) is 2.17. The first kappa shape index (κ1) is 10.9. The minimum Gasteiger partial charge on any atom is -0.537 e. The molecule has 1 aromatic rings. The Morgan fingerprint density at radius 2 is 1.79 bits per heavy atom. The van der Waals surface area contributed by atoms with Crippen LogP contribution in [0.2, 0.25) is 0 Å². The molecule has 0 saturated heterocycles. The largest absolute Gasteiger partial charge is 0.569 e. The summed E-state index contributed by atoms with van der Waals surface area (Å²) >= 11 is 0. The van der Waals surface area contributed by atoms with Gasteiger partial charge in [-0.2, -0.15) is 0 Å². The van der Waals surface area contributed by atoms with E-state index in [2.05, 4.69) is 13.8 Å². The van der Waals surface area contributed by atoms with Gasteiger partial charge in [-0.15, -0.1) is 0 Å². The van der Waals surface area contributed by atoms with Gasteiger partial charge in [0.2, 0.25) is 0 Å². The van der Waals surface area contributed by atoms with E-state index in [0.717, 1.165) is 5.75 Å². The minimum absolute atomic E-state index is 0.511. The molecule has 0 heterocycles. The molecule has 0 amide bonds.